The van der Waals surface area contributed by atoms with Gasteiger partial charge >= 0.3 is 0 Å². The summed E-state index contributed by atoms with van der Waals surface area (Å²) in [7, 11) is 0. The maximum absolute atomic E-state index is 8.69. The third kappa shape index (κ3) is 2.89. The molecule has 0 spiro atoms. The standard InChI is InChI=1S/C15H19N3O/c16-5-6-17-7-9-18(10-8-17)12-14-11-13-3-1-2-4-15(13)19-14/h1-4,14H,6-12H2. The smallest absolute Gasteiger partial charge is 0.123 e. The van der Waals surface area contributed by atoms with E-state index in [1.54, 1.807) is 0 Å². The van der Waals surface area contributed by atoms with Gasteiger partial charge in [0.2, 0.25) is 0 Å². The average molecular weight is 257 g/mol. The predicted molar refractivity (Wildman–Crippen MR) is 73.1 cm³/mol. The first kappa shape index (κ1) is 12.5. The molecule has 19 heavy (non-hydrogen) atoms. The van der Waals surface area contributed by atoms with E-state index in [-0.39, 0.29) is 0 Å². The Morgan fingerprint density at radius 2 is 1.89 bits per heavy atom. The molecule has 1 atom stereocenters. The van der Waals surface area contributed by atoms with Crippen molar-refractivity contribution < 1.29 is 4.74 Å². The fourth-order valence-corrected chi connectivity index (χ4v) is 2.87. The molecule has 0 N–H and O–H groups in total. The molecule has 1 aromatic carbocycles. The van der Waals surface area contributed by atoms with E-state index in [4.69, 9.17) is 10.00 Å². The van der Waals surface area contributed by atoms with E-state index in [0.717, 1.165) is 44.9 Å². The minimum Gasteiger partial charge on any atom is -0.488 e. The van der Waals surface area contributed by atoms with E-state index in [1.807, 2.05) is 6.07 Å². The van der Waals surface area contributed by atoms with Crippen molar-refractivity contribution in [2.24, 2.45) is 0 Å². The van der Waals surface area contributed by atoms with Crippen LogP contribution in [-0.2, 0) is 6.42 Å². The Bertz CT molecular complexity index is 450. The van der Waals surface area contributed by atoms with Crippen LogP contribution in [0.4, 0.5) is 0 Å². The van der Waals surface area contributed by atoms with E-state index in [2.05, 4.69) is 34.1 Å². The highest BCUT2D eigenvalue weighted by Gasteiger charge is 2.26. The fourth-order valence-electron chi connectivity index (χ4n) is 2.87. The van der Waals surface area contributed by atoms with Gasteiger partial charge in [0, 0.05) is 39.1 Å². The molecule has 100 valence electrons. The number of piperazine rings is 1. The summed E-state index contributed by atoms with van der Waals surface area (Å²) < 4.78 is 5.98. The van der Waals surface area contributed by atoms with E-state index in [1.165, 1.54) is 5.56 Å². The average Bonchev–Trinajstić information content (AvgIpc) is 2.83. The number of nitriles is 1. The number of hydrogen-bond acceptors (Lipinski definition) is 4. The molecule has 1 aromatic rings. The summed E-state index contributed by atoms with van der Waals surface area (Å²) in [6.07, 6.45) is 1.31. The first-order chi connectivity index (χ1) is 9.35. The largest absolute Gasteiger partial charge is 0.488 e. The Hall–Kier alpha value is -1.57. The van der Waals surface area contributed by atoms with Gasteiger partial charge in [0.25, 0.3) is 0 Å². The van der Waals surface area contributed by atoms with Gasteiger partial charge in [-0.3, -0.25) is 9.80 Å². The molecule has 0 bridgehead atoms. The van der Waals surface area contributed by atoms with Crippen LogP contribution in [0.2, 0.25) is 0 Å². The second kappa shape index (κ2) is 5.60. The number of para-hydroxylation sites is 1. The van der Waals surface area contributed by atoms with Gasteiger partial charge in [0.15, 0.2) is 0 Å². The summed E-state index contributed by atoms with van der Waals surface area (Å²) in [4.78, 5) is 4.66. The zero-order valence-corrected chi connectivity index (χ0v) is 11.1. The van der Waals surface area contributed by atoms with Crippen LogP contribution in [0, 0.1) is 11.3 Å². The van der Waals surface area contributed by atoms with Crippen molar-refractivity contribution in [3.05, 3.63) is 29.8 Å². The number of nitrogens with zero attached hydrogens (tertiary/aromatic N) is 3. The van der Waals surface area contributed by atoms with Crippen molar-refractivity contribution in [3.8, 4) is 11.8 Å². The Morgan fingerprint density at radius 1 is 1.16 bits per heavy atom. The molecule has 2 aliphatic heterocycles. The lowest BCUT2D eigenvalue weighted by Gasteiger charge is -2.34. The van der Waals surface area contributed by atoms with Gasteiger partial charge in [0.05, 0.1) is 12.6 Å². The van der Waals surface area contributed by atoms with Gasteiger partial charge < -0.3 is 4.74 Å². The predicted octanol–water partition coefficient (Wildman–Crippen LogP) is 1.13. The Morgan fingerprint density at radius 3 is 2.63 bits per heavy atom. The van der Waals surface area contributed by atoms with Crippen LogP contribution in [0.5, 0.6) is 5.75 Å². The zero-order chi connectivity index (χ0) is 13.1. The van der Waals surface area contributed by atoms with Crippen molar-refractivity contribution in [2.75, 3.05) is 39.3 Å². The van der Waals surface area contributed by atoms with E-state index >= 15 is 0 Å². The molecule has 2 heterocycles. The van der Waals surface area contributed by atoms with Crippen LogP contribution < -0.4 is 4.74 Å². The van der Waals surface area contributed by atoms with Crippen LogP contribution in [0.1, 0.15) is 5.56 Å². The summed E-state index contributed by atoms with van der Waals surface area (Å²) in [5, 5.41) is 8.69. The maximum Gasteiger partial charge on any atom is 0.123 e. The molecule has 1 fully saturated rings. The Kier molecular flexibility index (Phi) is 3.67. The zero-order valence-electron chi connectivity index (χ0n) is 11.1. The highest BCUT2D eigenvalue weighted by Crippen LogP contribution is 2.28. The summed E-state index contributed by atoms with van der Waals surface area (Å²) in [5.41, 5.74) is 1.33. The second-order valence-electron chi connectivity index (χ2n) is 5.29. The lowest BCUT2D eigenvalue weighted by atomic mass is 10.1. The van der Waals surface area contributed by atoms with Gasteiger partial charge in [-0.15, -0.1) is 0 Å². The number of rotatable bonds is 3. The summed E-state index contributed by atoms with van der Waals surface area (Å²) in [6, 6.07) is 10.5. The van der Waals surface area contributed by atoms with Crippen LogP contribution in [0.25, 0.3) is 0 Å². The quantitative estimate of drug-likeness (QED) is 0.761. The lowest BCUT2D eigenvalue weighted by Crippen LogP contribution is -2.49. The van der Waals surface area contributed by atoms with Gasteiger partial charge in [-0.2, -0.15) is 5.26 Å². The highest BCUT2D eigenvalue weighted by molar-refractivity contribution is 5.37. The summed E-state index contributed by atoms with van der Waals surface area (Å²) >= 11 is 0. The number of ether oxygens (including phenoxy) is 1. The van der Waals surface area contributed by atoms with Crippen LogP contribution in [-0.4, -0.2) is 55.2 Å². The Labute approximate surface area is 114 Å². The first-order valence-electron chi connectivity index (χ1n) is 6.91. The topological polar surface area (TPSA) is 39.5 Å². The molecule has 2 aliphatic rings. The number of fused-ring (bicyclic) bond motifs is 1. The van der Waals surface area contributed by atoms with Gasteiger partial charge in [-0.25, -0.2) is 0 Å². The SMILES string of the molecule is N#CCN1CCN(CC2Cc3ccccc3O2)CC1. The molecular formula is C15H19N3O. The van der Waals surface area contributed by atoms with Crippen molar-refractivity contribution in [1.29, 1.82) is 5.26 Å². The monoisotopic (exact) mass is 257 g/mol. The fraction of sp³-hybridized carbons (Fsp3) is 0.533. The highest BCUT2D eigenvalue weighted by atomic mass is 16.5. The van der Waals surface area contributed by atoms with Crippen LogP contribution in [0.3, 0.4) is 0 Å². The number of benzene rings is 1. The molecule has 1 saturated heterocycles. The molecule has 4 nitrogen and oxygen atoms in total. The van der Waals surface area contributed by atoms with Gasteiger partial charge in [0.1, 0.15) is 11.9 Å². The summed E-state index contributed by atoms with van der Waals surface area (Å²) in [6.45, 7) is 5.62. The van der Waals surface area contributed by atoms with E-state index in [0.29, 0.717) is 12.6 Å². The second-order valence-corrected chi connectivity index (χ2v) is 5.29. The summed E-state index contributed by atoms with van der Waals surface area (Å²) in [5.74, 6) is 1.05. The van der Waals surface area contributed by atoms with Gasteiger partial charge in [-0.1, -0.05) is 18.2 Å². The Balaban J connectivity index is 1.48. The maximum atomic E-state index is 8.69. The van der Waals surface area contributed by atoms with Crippen molar-refractivity contribution in [1.82, 2.24) is 9.80 Å². The van der Waals surface area contributed by atoms with Crippen molar-refractivity contribution in [2.45, 2.75) is 12.5 Å². The molecule has 4 heteroatoms. The molecule has 3 rings (SSSR count). The van der Waals surface area contributed by atoms with Crippen LogP contribution >= 0.6 is 0 Å². The molecule has 0 aromatic heterocycles. The first-order valence-corrected chi connectivity index (χ1v) is 6.91. The third-order valence-corrected chi connectivity index (χ3v) is 3.93. The van der Waals surface area contributed by atoms with E-state index < -0.39 is 0 Å². The number of hydrogen-bond donors (Lipinski definition) is 0. The minimum absolute atomic E-state index is 0.292. The third-order valence-electron chi connectivity index (χ3n) is 3.93. The van der Waals surface area contributed by atoms with Gasteiger partial charge in [-0.05, 0) is 11.6 Å². The molecule has 1 unspecified atom stereocenters. The molecule has 0 amide bonds. The molecule has 0 saturated carbocycles. The lowest BCUT2D eigenvalue weighted by molar-refractivity contribution is 0.0983. The molecular weight excluding hydrogens is 238 g/mol. The molecule has 0 aliphatic carbocycles. The minimum atomic E-state index is 0.292. The normalized spacial score (nSPS) is 23.6. The molecule has 0 radical (unpaired) electrons. The van der Waals surface area contributed by atoms with Crippen LogP contribution in [0.15, 0.2) is 24.3 Å². The van der Waals surface area contributed by atoms with E-state index in [9.17, 15) is 0 Å². The van der Waals surface area contributed by atoms with Crippen molar-refractivity contribution >= 4 is 0 Å². The van der Waals surface area contributed by atoms with Crippen molar-refractivity contribution in [3.63, 3.8) is 0 Å².